The zero-order valence-corrected chi connectivity index (χ0v) is 27.9. The fourth-order valence-electron chi connectivity index (χ4n) is 3.57. The molecule has 2 aromatic carbocycles. The maximum absolute atomic E-state index is 10.2. The SMILES string of the molecule is NC(=NCCCCCCN=C(N)/N=C(\N)Nc1ccc(Cl)cc1)/N=C(\N)Nc1ccc(Cl)cc1.O=C(O)[C@H](O)[C@H](O)[C@@H](O)C(O)[C@@H](O)CO. The van der Waals surface area contributed by atoms with Crippen molar-refractivity contribution < 1.29 is 40.5 Å². The van der Waals surface area contributed by atoms with Gasteiger partial charge in [0.1, 0.15) is 24.4 Å². The topological polar surface area (TPSA) is 336 Å². The first-order valence-corrected chi connectivity index (χ1v) is 15.5. The number of carboxylic acid groups (broad SMARTS) is 1. The summed E-state index contributed by atoms with van der Waals surface area (Å²) in [7, 11) is 0. The number of hydrogen-bond acceptors (Lipinski definition) is 9. The van der Waals surface area contributed by atoms with Gasteiger partial charge >= 0.3 is 5.97 Å². The van der Waals surface area contributed by atoms with Crippen LogP contribution in [-0.4, -0.2) is 116 Å². The smallest absolute Gasteiger partial charge is 0.335 e. The van der Waals surface area contributed by atoms with E-state index in [1.165, 1.54) is 0 Å². The summed E-state index contributed by atoms with van der Waals surface area (Å²) >= 11 is 11.7. The Hall–Kier alpha value is -4.27. The van der Waals surface area contributed by atoms with Crippen LogP contribution in [0.3, 0.4) is 0 Å². The average Bonchev–Trinajstić information content (AvgIpc) is 3.06. The first-order valence-electron chi connectivity index (χ1n) is 14.7. The first-order chi connectivity index (χ1) is 23.1. The van der Waals surface area contributed by atoms with E-state index in [0.717, 1.165) is 37.1 Å². The van der Waals surface area contributed by atoms with Gasteiger partial charge in [0.25, 0.3) is 0 Å². The number of nitrogens with zero attached hydrogens (tertiary/aromatic N) is 4. The fourth-order valence-corrected chi connectivity index (χ4v) is 3.82. The van der Waals surface area contributed by atoms with E-state index in [9.17, 15) is 4.79 Å². The predicted octanol–water partition coefficient (Wildman–Crippen LogP) is -0.796. The van der Waals surface area contributed by atoms with E-state index in [1.54, 1.807) is 48.5 Å². The molecular formula is C29H44Cl2N10O8. The Labute approximate surface area is 292 Å². The lowest BCUT2D eigenvalue weighted by Crippen LogP contribution is -2.51. The molecule has 0 spiro atoms. The second-order valence-corrected chi connectivity index (χ2v) is 11.0. The van der Waals surface area contributed by atoms with Crippen LogP contribution in [0.4, 0.5) is 11.4 Å². The number of carboxylic acids is 1. The van der Waals surface area contributed by atoms with Gasteiger partial charge in [0.2, 0.25) is 23.8 Å². The zero-order valence-electron chi connectivity index (χ0n) is 26.3. The van der Waals surface area contributed by atoms with E-state index >= 15 is 0 Å². The summed E-state index contributed by atoms with van der Waals surface area (Å²) in [6, 6.07) is 14.1. The van der Waals surface area contributed by atoms with Gasteiger partial charge in [0.15, 0.2) is 6.10 Å². The van der Waals surface area contributed by atoms with Crippen molar-refractivity contribution in [2.24, 2.45) is 42.9 Å². The van der Waals surface area contributed by atoms with E-state index in [-0.39, 0.29) is 23.8 Å². The van der Waals surface area contributed by atoms with Crippen LogP contribution in [0.2, 0.25) is 10.0 Å². The Balaban J connectivity index is 0.000000673. The molecule has 0 aliphatic rings. The lowest BCUT2D eigenvalue weighted by molar-refractivity contribution is -0.169. The normalized spacial score (nSPS) is 15.7. The third kappa shape index (κ3) is 18.2. The lowest BCUT2D eigenvalue weighted by atomic mass is 9.99. The van der Waals surface area contributed by atoms with E-state index in [1.807, 2.05) is 0 Å². The van der Waals surface area contributed by atoms with Crippen molar-refractivity contribution in [3.8, 4) is 0 Å². The molecule has 1 unspecified atom stereocenters. The molecule has 2 rings (SSSR count). The number of carbonyl (C=O) groups is 1. The third-order valence-electron chi connectivity index (χ3n) is 6.17. The van der Waals surface area contributed by atoms with E-state index in [2.05, 4.69) is 30.6 Å². The van der Waals surface area contributed by atoms with Crippen molar-refractivity contribution in [1.82, 2.24) is 0 Å². The molecule has 0 radical (unpaired) electrons. The minimum absolute atomic E-state index is 0.124. The highest BCUT2D eigenvalue weighted by Gasteiger charge is 2.36. The van der Waals surface area contributed by atoms with Gasteiger partial charge < -0.3 is 69.3 Å². The van der Waals surface area contributed by atoms with Crippen molar-refractivity contribution in [2.45, 2.75) is 56.2 Å². The number of aliphatic hydroxyl groups is 6. The molecule has 0 aliphatic heterocycles. The van der Waals surface area contributed by atoms with Gasteiger partial charge in [-0.3, -0.25) is 9.98 Å². The fraction of sp³-hybridized carbons (Fsp3) is 0.414. The van der Waals surface area contributed by atoms with Crippen molar-refractivity contribution in [3.63, 3.8) is 0 Å². The van der Waals surface area contributed by atoms with Crippen LogP contribution in [0.1, 0.15) is 25.7 Å². The Kier molecular flexibility index (Phi) is 20.2. The summed E-state index contributed by atoms with van der Waals surface area (Å²) in [5.74, 6) is -1.22. The zero-order chi connectivity index (χ0) is 36.9. The Bertz CT molecular complexity index is 1310. The molecule has 18 nitrogen and oxygen atoms in total. The Morgan fingerprint density at radius 3 is 1.39 bits per heavy atom. The molecule has 2 aromatic rings. The van der Waals surface area contributed by atoms with Crippen molar-refractivity contribution in [1.29, 1.82) is 0 Å². The van der Waals surface area contributed by atoms with E-state index < -0.39 is 43.1 Å². The van der Waals surface area contributed by atoms with Gasteiger partial charge in [0, 0.05) is 34.5 Å². The first kappa shape index (κ1) is 42.8. The summed E-state index contributed by atoms with van der Waals surface area (Å²) in [4.78, 5) is 26.7. The van der Waals surface area contributed by atoms with Crippen molar-refractivity contribution in [3.05, 3.63) is 58.6 Å². The molecule has 0 amide bonds. The molecule has 0 fully saturated rings. The second kappa shape index (κ2) is 23.1. The highest BCUT2D eigenvalue weighted by Crippen LogP contribution is 2.14. The number of anilines is 2. The predicted molar refractivity (Wildman–Crippen MR) is 190 cm³/mol. The minimum Gasteiger partial charge on any atom is -0.479 e. The van der Waals surface area contributed by atoms with Gasteiger partial charge in [0.05, 0.1) is 6.61 Å². The van der Waals surface area contributed by atoms with Crippen LogP contribution in [-0.2, 0) is 4.79 Å². The van der Waals surface area contributed by atoms with Crippen LogP contribution in [0.25, 0.3) is 0 Å². The number of benzene rings is 2. The number of hydrogen-bond donors (Lipinski definition) is 13. The molecule has 0 saturated heterocycles. The highest BCUT2D eigenvalue weighted by atomic mass is 35.5. The lowest BCUT2D eigenvalue weighted by Gasteiger charge is -2.26. The number of nitrogens with two attached hydrogens (primary N) is 4. The number of nitrogens with one attached hydrogen (secondary N) is 2. The summed E-state index contributed by atoms with van der Waals surface area (Å²) < 4.78 is 0. The number of aliphatic carboxylic acids is 1. The molecule has 5 atom stereocenters. The summed E-state index contributed by atoms with van der Waals surface area (Å²) in [5.41, 5.74) is 24.8. The summed E-state index contributed by atoms with van der Waals surface area (Å²) in [6.45, 7) is 0.242. The highest BCUT2D eigenvalue weighted by molar-refractivity contribution is 6.31. The minimum atomic E-state index is -2.29. The van der Waals surface area contributed by atoms with Gasteiger partial charge in [-0.2, -0.15) is 9.98 Å². The summed E-state index contributed by atoms with van der Waals surface area (Å²) in [6.07, 6.45) is -6.56. The number of aliphatic imine (C=N–C) groups is 4. The molecule has 17 N–H and O–H groups in total. The van der Waals surface area contributed by atoms with Crippen molar-refractivity contribution in [2.75, 3.05) is 30.3 Å². The van der Waals surface area contributed by atoms with E-state index in [0.29, 0.717) is 23.1 Å². The largest absolute Gasteiger partial charge is 0.479 e. The third-order valence-corrected chi connectivity index (χ3v) is 6.68. The van der Waals surface area contributed by atoms with Gasteiger partial charge in [-0.15, -0.1) is 0 Å². The van der Waals surface area contributed by atoms with Crippen LogP contribution < -0.4 is 33.6 Å². The number of unbranched alkanes of at least 4 members (excludes halogenated alkanes) is 3. The number of halogens is 2. The molecule has 0 aromatic heterocycles. The van der Waals surface area contributed by atoms with Crippen LogP contribution in [0.5, 0.6) is 0 Å². The van der Waals surface area contributed by atoms with Crippen LogP contribution in [0, 0.1) is 0 Å². The van der Waals surface area contributed by atoms with Gasteiger partial charge in [-0.1, -0.05) is 36.0 Å². The molecule has 0 bridgehead atoms. The molecular weight excluding hydrogens is 687 g/mol. The molecule has 20 heteroatoms. The maximum Gasteiger partial charge on any atom is 0.335 e. The monoisotopic (exact) mass is 730 g/mol. The maximum atomic E-state index is 10.2. The Morgan fingerprint density at radius 2 is 1.04 bits per heavy atom. The van der Waals surface area contributed by atoms with Crippen LogP contribution >= 0.6 is 23.2 Å². The number of aliphatic hydroxyl groups excluding tert-OH is 6. The number of guanidine groups is 4. The van der Waals surface area contributed by atoms with E-state index in [4.69, 9.17) is 81.9 Å². The van der Waals surface area contributed by atoms with Crippen molar-refractivity contribution >= 4 is 64.4 Å². The number of rotatable bonds is 15. The quantitative estimate of drug-likeness (QED) is 0.0606. The molecule has 0 saturated carbocycles. The molecule has 0 heterocycles. The van der Waals surface area contributed by atoms with Crippen LogP contribution in [0.15, 0.2) is 68.5 Å². The average molecular weight is 732 g/mol. The standard InChI is InChI=1S/C22H30Cl2N10.C7H14O8/c23-15-5-9-17(10-6-15)31-21(27)33-19(25)29-13-3-1-2-4-14-30-20(26)34-22(28)32-18-11-7-16(24)8-12-18;8-1-2(9)3(10)4(11)5(12)6(13)7(14)15/h5-12H,1-4,13-14H2,(H5,25,27,29,31,33)(H5,26,28,30,32,34);2-6,8-13H,1H2,(H,14,15)/t;2-,3?,4-,5+,6+/m.0/s1. The van der Waals surface area contributed by atoms with Gasteiger partial charge in [-0.05, 0) is 61.4 Å². The molecule has 0 aliphatic carbocycles. The Morgan fingerprint density at radius 1 is 0.653 bits per heavy atom. The second-order valence-electron chi connectivity index (χ2n) is 10.2. The molecule has 49 heavy (non-hydrogen) atoms. The van der Waals surface area contributed by atoms with Gasteiger partial charge in [-0.25, -0.2) is 4.79 Å². The summed E-state index contributed by atoms with van der Waals surface area (Å²) in [5, 5.41) is 68.7. The molecule has 272 valence electrons.